The Morgan fingerprint density at radius 1 is 0.941 bits per heavy atom. The summed E-state index contributed by atoms with van der Waals surface area (Å²) in [6.45, 7) is 14.1. The Bertz CT molecular complexity index is 932. The van der Waals surface area contributed by atoms with Gasteiger partial charge in [0.1, 0.15) is 0 Å². The first kappa shape index (κ1) is 25.1. The normalized spacial score (nSPS) is 25.3. The number of amides is 1. The fourth-order valence-corrected chi connectivity index (χ4v) is 6.11. The summed E-state index contributed by atoms with van der Waals surface area (Å²) in [5.74, 6) is 1.96. The number of aryl methyl sites for hydroxylation is 1. The van der Waals surface area contributed by atoms with Crippen molar-refractivity contribution in [2.45, 2.75) is 103 Å². The van der Waals surface area contributed by atoms with Gasteiger partial charge in [-0.15, -0.1) is 0 Å². The zero-order valence-corrected chi connectivity index (χ0v) is 22.1. The molecule has 0 bridgehead atoms. The zero-order valence-electron chi connectivity index (χ0n) is 22.1. The number of hydrogen-bond acceptors (Lipinski definition) is 2. The number of rotatable bonds is 7. The van der Waals surface area contributed by atoms with Gasteiger partial charge in [0, 0.05) is 25.6 Å². The van der Waals surface area contributed by atoms with Gasteiger partial charge in [-0.25, -0.2) is 0 Å². The lowest BCUT2D eigenvalue weighted by molar-refractivity contribution is -0.134. The summed E-state index contributed by atoms with van der Waals surface area (Å²) in [4.78, 5) is 19.8. The van der Waals surface area contributed by atoms with Crippen LogP contribution in [0.3, 0.4) is 0 Å². The van der Waals surface area contributed by atoms with Crippen molar-refractivity contribution in [2.24, 2.45) is 34.2 Å². The summed E-state index contributed by atoms with van der Waals surface area (Å²) in [6, 6.07) is 4.88. The number of nitrogens with zero attached hydrogens (tertiary/aromatic N) is 2. The highest BCUT2D eigenvalue weighted by molar-refractivity contribution is 5.81. The van der Waals surface area contributed by atoms with Gasteiger partial charge in [0.25, 0.3) is 0 Å². The molecule has 3 aliphatic rings. The van der Waals surface area contributed by atoms with Crippen molar-refractivity contribution < 1.29 is 4.79 Å². The summed E-state index contributed by atoms with van der Waals surface area (Å²) >= 11 is 0. The SMILES string of the molecule is Cc1cc2c(cc1CN(CC1CCC(CN=C(N)N)CC1)C(=O)C1CC1)C(C)(C)CCC2(C)C. The Labute approximate surface area is 206 Å². The lowest BCUT2D eigenvalue weighted by atomic mass is 9.62. The third-order valence-electron chi connectivity index (χ3n) is 8.89. The maximum atomic E-state index is 13.3. The van der Waals surface area contributed by atoms with Crippen LogP contribution < -0.4 is 11.5 Å². The van der Waals surface area contributed by atoms with E-state index in [-0.39, 0.29) is 22.7 Å². The molecule has 5 nitrogen and oxygen atoms in total. The van der Waals surface area contributed by atoms with Gasteiger partial charge >= 0.3 is 0 Å². The van der Waals surface area contributed by atoms with Crippen molar-refractivity contribution in [1.82, 2.24) is 4.90 Å². The molecule has 4 N–H and O–H groups in total. The minimum Gasteiger partial charge on any atom is -0.370 e. The van der Waals surface area contributed by atoms with E-state index in [2.05, 4.69) is 56.6 Å². The van der Waals surface area contributed by atoms with Crippen LogP contribution in [0.5, 0.6) is 0 Å². The first-order valence-electron chi connectivity index (χ1n) is 13.4. The summed E-state index contributed by atoms with van der Waals surface area (Å²) in [5, 5.41) is 0. The second-order valence-electron chi connectivity index (χ2n) is 12.7. The molecule has 0 atom stereocenters. The highest BCUT2D eigenvalue weighted by atomic mass is 16.2. The smallest absolute Gasteiger partial charge is 0.225 e. The molecule has 3 aliphatic carbocycles. The Kier molecular flexibility index (Phi) is 7.04. The molecule has 0 aromatic heterocycles. The van der Waals surface area contributed by atoms with Crippen LogP contribution in [-0.4, -0.2) is 29.9 Å². The first-order valence-corrected chi connectivity index (χ1v) is 13.4. The van der Waals surface area contributed by atoms with Crippen LogP contribution in [-0.2, 0) is 22.2 Å². The maximum Gasteiger partial charge on any atom is 0.225 e. The molecule has 0 radical (unpaired) electrons. The van der Waals surface area contributed by atoms with Crippen LogP contribution in [0.2, 0.25) is 0 Å². The topological polar surface area (TPSA) is 84.7 Å². The molecule has 2 saturated carbocycles. The number of carbonyl (C=O) groups excluding carboxylic acids is 1. The van der Waals surface area contributed by atoms with Gasteiger partial charge in [0.2, 0.25) is 5.91 Å². The number of nitrogens with two attached hydrogens (primary N) is 2. The second kappa shape index (κ2) is 9.54. The summed E-state index contributed by atoms with van der Waals surface area (Å²) in [6.07, 6.45) is 9.16. The van der Waals surface area contributed by atoms with Gasteiger partial charge in [-0.05, 0) is 103 Å². The number of fused-ring (bicyclic) bond motifs is 1. The maximum absolute atomic E-state index is 13.3. The molecule has 5 heteroatoms. The van der Waals surface area contributed by atoms with Crippen LogP contribution >= 0.6 is 0 Å². The Morgan fingerprint density at radius 3 is 2.06 bits per heavy atom. The number of aliphatic imine (C=N–C) groups is 1. The third kappa shape index (κ3) is 5.60. The standard InChI is InChI=1S/C29H46N4O/c1-19-14-24-25(29(4,5)13-12-28(24,2)3)15-23(19)18-33(26(34)22-10-11-22)17-21-8-6-20(7-9-21)16-32-27(30)31/h14-15,20-22H,6-13,16-18H2,1-5H3,(H4,30,31,32). The van der Waals surface area contributed by atoms with Gasteiger partial charge in [0.05, 0.1) is 0 Å². The average Bonchev–Trinajstić information content (AvgIpc) is 3.62. The van der Waals surface area contributed by atoms with Gasteiger partial charge in [-0.3, -0.25) is 9.79 Å². The predicted molar refractivity (Wildman–Crippen MR) is 141 cm³/mol. The van der Waals surface area contributed by atoms with E-state index in [0.29, 0.717) is 17.7 Å². The molecule has 4 rings (SSSR count). The number of benzene rings is 1. The van der Waals surface area contributed by atoms with Crippen molar-refractivity contribution in [2.75, 3.05) is 13.1 Å². The van der Waals surface area contributed by atoms with E-state index in [1.807, 2.05) is 0 Å². The third-order valence-corrected chi connectivity index (χ3v) is 8.89. The molecule has 0 saturated heterocycles. The monoisotopic (exact) mass is 466 g/mol. The van der Waals surface area contributed by atoms with Crippen LogP contribution in [0.15, 0.2) is 17.1 Å². The predicted octanol–water partition coefficient (Wildman–Crippen LogP) is 5.16. The van der Waals surface area contributed by atoms with E-state index >= 15 is 0 Å². The van der Waals surface area contributed by atoms with Crippen molar-refractivity contribution in [3.63, 3.8) is 0 Å². The fraction of sp³-hybridized carbons (Fsp3) is 0.724. The summed E-state index contributed by atoms with van der Waals surface area (Å²) < 4.78 is 0. The lowest BCUT2D eigenvalue weighted by Gasteiger charge is -2.42. The molecule has 188 valence electrons. The summed E-state index contributed by atoms with van der Waals surface area (Å²) in [5.41, 5.74) is 17.1. The fourth-order valence-electron chi connectivity index (χ4n) is 6.11. The van der Waals surface area contributed by atoms with Crippen molar-refractivity contribution >= 4 is 11.9 Å². The minimum absolute atomic E-state index is 0.187. The van der Waals surface area contributed by atoms with E-state index in [9.17, 15) is 4.79 Å². The lowest BCUT2D eigenvalue weighted by Crippen LogP contribution is -2.38. The van der Waals surface area contributed by atoms with E-state index in [1.54, 1.807) is 0 Å². The van der Waals surface area contributed by atoms with Gasteiger partial charge in [0.15, 0.2) is 5.96 Å². The molecule has 2 fully saturated rings. The van der Waals surface area contributed by atoms with Gasteiger partial charge in [-0.2, -0.15) is 0 Å². The van der Waals surface area contributed by atoms with E-state index in [4.69, 9.17) is 11.5 Å². The molecular weight excluding hydrogens is 420 g/mol. The summed E-state index contributed by atoms with van der Waals surface area (Å²) in [7, 11) is 0. The van der Waals surface area contributed by atoms with Crippen molar-refractivity contribution in [1.29, 1.82) is 0 Å². The molecule has 0 aliphatic heterocycles. The van der Waals surface area contributed by atoms with Crippen LogP contribution in [0.4, 0.5) is 0 Å². The largest absolute Gasteiger partial charge is 0.370 e. The molecule has 0 unspecified atom stereocenters. The van der Waals surface area contributed by atoms with Crippen molar-refractivity contribution in [3.05, 3.63) is 34.4 Å². The van der Waals surface area contributed by atoms with Crippen LogP contribution in [0.25, 0.3) is 0 Å². The van der Waals surface area contributed by atoms with Crippen LogP contribution in [0, 0.1) is 24.7 Å². The molecule has 0 spiro atoms. The quantitative estimate of drug-likeness (QED) is 0.430. The minimum atomic E-state index is 0.187. The molecule has 34 heavy (non-hydrogen) atoms. The van der Waals surface area contributed by atoms with Crippen molar-refractivity contribution in [3.8, 4) is 0 Å². The first-order chi connectivity index (χ1) is 16.0. The molecule has 0 heterocycles. The zero-order chi connectivity index (χ0) is 24.7. The van der Waals surface area contributed by atoms with Crippen LogP contribution in [0.1, 0.15) is 101 Å². The molecular formula is C29H46N4O. The van der Waals surface area contributed by atoms with E-state index in [1.165, 1.54) is 35.1 Å². The van der Waals surface area contributed by atoms with Gasteiger partial charge < -0.3 is 16.4 Å². The number of hydrogen-bond donors (Lipinski definition) is 2. The van der Waals surface area contributed by atoms with Gasteiger partial charge in [-0.1, -0.05) is 39.8 Å². The molecule has 1 aromatic rings. The van der Waals surface area contributed by atoms with E-state index < -0.39 is 0 Å². The Balaban J connectivity index is 1.50. The number of carbonyl (C=O) groups is 1. The molecule has 1 amide bonds. The average molecular weight is 467 g/mol. The second-order valence-corrected chi connectivity index (χ2v) is 12.7. The Morgan fingerprint density at radius 2 is 1.50 bits per heavy atom. The Hall–Kier alpha value is -2.04. The van der Waals surface area contributed by atoms with E-state index in [0.717, 1.165) is 58.2 Å². The highest BCUT2D eigenvalue weighted by Crippen LogP contribution is 2.46. The molecule has 1 aromatic carbocycles. The number of guanidine groups is 1. The highest BCUT2D eigenvalue weighted by Gasteiger charge is 2.38.